The molecule has 0 amide bonds. The van der Waals surface area contributed by atoms with Crippen LogP contribution < -0.4 is 10.2 Å². The van der Waals surface area contributed by atoms with Crippen LogP contribution in [0.15, 0.2) is 36.5 Å². The summed E-state index contributed by atoms with van der Waals surface area (Å²) in [5, 5.41) is 3.54. The standard InChI is InChI=1S/C21H25N3O/c1-25-19-12-17-6-7-18(13-19)24(17)16-8-9-20-15(11-16)5-4-14-3-2-10-22-21(14)23-20/h2-3,8-11,17-19H,4-7,12-13H2,1H3,(H,22,23)/t17-,18+,19?. The average molecular weight is 335 g/mol. The molecule has 1 aromatic carbocycles. The van der Waals surface area contributed by atoms with E-state index in [0.717, 1.165) is 31.5 Å². The molecule has 4 nitrogen and oxygen atoms in total. The Labute approximate surface area is 149 Å². The minimum absolute atomic E-state index is 0.441. The zero-order valence-electron chi connectivity index (χ0n) is 14.7. The molecule has 5 rings (SSSR count). The lowest BCUT2D eigenvalue weighted by molar-refractivity contribution is 0.0684. The lowest BCUT2D eigenvalue weighted by Crippen LogP contribution is -2.45. The summed E-state index contributed by atoms with van der Waals surface area (Å²) in [6.07, 6.45) is 9.35. The topological polar surface area (TPSA) is 37.4 Å². The fourth-order valence-electron chi connectivity index (χ4n) is 4.96. The van der Waals surface area contributed by atoms with Crippen molar-refractivity contribution in [2.45, 2.75) is 56.7 Å². The highest BCUT2D eigenvalue weighted by Gasteiger charge is 2.41. The van der Waals surface area contributed by atoms with Crippen molar-refractivity contribution in [1.82, 2.24) is 4.98 Å². The number of anilines is 3. The van der Waals surface area contributed by atoms with Gasteiger partial charge < -0.3 is 15.0 Å². The monoisotopic (exact) mass is 335 g/mol. The number of aromatic nitrogens is 1. The summed E-state index contributed by atoms with van der Waals surface area (Å²) >= 11 is 0. The van der Waals surface area contributed by atoms with Crippen molar-refractivity contribution in [2.24, 2.45) is 0 Å². The largest absolute Gasteiger partial charge is 0.381 e. The van der Waals surface area contributed by atoms with Gasteiger partial charge in [0, 0.05) is 36.8 Å². The summed E-state index contributed by atoms with van der Waals surface area (Å²) in [6, 6.07) is 12.4. The molecule has 0 spiro atoms. The van der Waals surface area contributed by atoms with Gasteiger partial charge in [-0.05, 0) is 73.9 Å². The molecule has 4 heterocycles. The van der Waals surface area contributed by atoms with Crippen LogP contribution in [-0.2, 0) is 17.6 Å². The number of rotatable bonds is 2. The molecule has 1 N–H and O–H groups in total. The number of aryl methyl sites for hydroxylation is 2. The first kappa shape index (κ1) is 15.2. The van der Waals surface area contributed by atoms with Crippen molar-refractivity contribution >= 4 is 17.2 Å². The molecule has 25 heavy (non-hydrogen) atoms. The third kappa shape index (κ3) is 2.60. The van der Waals surface area contributed by atoms with Gasteiger partial charge in [0.05, 0.1) is 6.10 Å². The Bertz CT molecular complexity index is 776. The zero-order valence-corrected chi connectivity index (χ0v) is 14.7. The zero-order chi connectivity index (χ0) is 16.8. The SMILES string of the molecule is COC1C[C@H]2CC[C@@H](C1)N2c1ccc2c(c1)CCc1cccnc1N2. The van der Waals surface area contributed by atoms with Crippen molar-refractivity contribution < 1.29 is 4.74 Å². The summed E-state index contributed by atoms with van der Waals surface area (Å²) in [4.78, 5) is 7.18. The molecule has 0 aliphatic carbocycles. The first-order valence-corrected chi connectivity index (χ1v) is 9.47. The summed E-state index contributed by atoms with van der Waals surface area (Å²) in [5.41, 5.74) is 5.31. The Hall–Kier alpha value is -2.07. The van der Waals surface area contributed by atoms with Gasteiger partial charge in [-0.1, -0.05) is 6.07 Å². The van der Waals surface area contributed by atoms with E-state index in [0.29, 0.717) is 18.2 Å². The van der Waals surface area contributed by atoms with Gasteiger partial charge in [-0.2, -0.15) is 0 Å². The molecule has 2 saturated heterocycles. The number of nitrogens with zero attached hydrogens (tertiary/aromatic N) is 2. The molecular formula is C21H25N3O. The van der Waals surface area contributed by atoms with Gasteiger partial charge in [-0.25, -0.2) is 4.98 Å². The molecule has 3 atom stereocenters. The van der Waals surface area contributed by atoms with Crippen LogP contribution in [0, 0.1) is 0 Å². The fourth-order valence-corrected chi connectivity index (χ4v) is 4.96. The van der Waals surface area contributed by atoms with Crippen LogP contribution in [0.1, 0.15) is 36.8 Å². The molecule has 3 aliphatic rings. The minimum atomic E-state index is 0.441. The first-order valence-electron chi connectivity index (χ1n) is 9.47. The van der Waals surface area contributed by atoms with E-state index in [-0.39, 0.29) is 0 Å². The normalized spacial score (nSPS) is 27.2. The number of nitrogens with one attached hydrogen (secondary N) is 1. The van der Waals surface area contributed by atoms with Gasteiger partial charge in [0.1, 0.15) is 5.82 Å². The molecule has 0 radical (unpaired) electrons. The van der Waals surface area contributed by atoms with Crippen molar-refractivity contribution in [3.05, 3.63) is 47.7 Å². The molecular weight excluding hydrogens is 310 g/mol. The highest BCUT2D eigenvalue weighted by molar-refractivity contribution is 5.69. The highest BCUT2D eigenvalue weighted by Crippen LogP contribution is 2.41. The van der Waals surface area contributed by atoms with E-state index in [4.69, 9.17) is 4.74 Å². The number of benzene rings is 1. The number of fused-ring (bicyclic) bond motifs is 4. The molecule has 2 fully saturated rings. The molecule has 0 saturated carbocycles. The Kier molecular flexibility index (Phi) is 3.66. The third-order valence-electron chi connectivity index (χ3n) is 6.22. The number of methoxy groups -OCH3 is 1. The second kappa shape index (κ2) is 6.03. The predicted molar refractivity (Wildman–Crippen MR) is 101 cm³/mol. The van der Waals surface area contributed by atoms with E-state index in [1.807, 2.05) is 19.4 Å². The Morgan fingerprint density at radius 3 is 2.68 bits per heavy atom. The maximum atomic E-state index is 5.66. The Morgan fingerprint density at radius 1 is 1.08 bits per heavy atom. The molecule has 130 valence electrons. The van der Waals surface area contributed by atoms with Crippen LogP contribution in [0.25, 0.3) is 0 Å². The van der Waals surface area contributed by atoms with Crippen LogP contribution in [0.5, 0.6) is 0 Å². The van der Waals surface area contributed by atoms with Crippen molar-refractivity contribution in [3.8, 4) is 0 Å². The lowest BCUT2D eigenvalue weighted by Gasteiger charge is -2.40. The number of hydrogen-bond acceptors (Lipinski definition) is 4. The number of piperidine rings is 1. The molecule has 2 bridgehead atoms. The third-order valence-corrected chi connectivity index (χ3v) is 6.22. The predicted octanol–water partition coefficient (Wildman–Crippen LogP) is 4.07. The van der Waals surface area contributed by atoms with Gasteiger partial charge in [0.25, 0.3) is 0 Å². The second-order valence-corrected chi connectivity index (χ2v) is 7.60. The second-order valence-electron chi connectivity index (χ2n) is 7.60. The summed E-state index contributed by atoms with van der Waals surface area (Å²) in [6.45, 7) is 0. The molecule has 3 aliphatic heterocycles. The van der Waals surface area contributed by atoms with E-state index in [1.54, 1.807) is 0 Å². The lowest BCUT2D eigenvalue weighted by atomic mass is 9.97. The summed E-state index contributed by atoms with van der Waals surface area (Å²) in [5.74, 6) is 1.01. The van der Waals surface area contributed by atoms with Gasteiger partial charge in [-0.3, -0.25) is 0 Å². The van der Waals surface area contributed by atoms with Crippen molar-refractivity contribution in [3.63, 3.8) is 0 Å². The van der Waals surface area contributed by atoms with Gasteiger partial charge in [0.2, 0.25) is 0 Å². The highest BCUT2D eigenvalue weighted by atomic mass is 16.5. The number of hydrogen-bond donors (Lipinski definition) is 1. The van der Waals surface area contributed by atoms with Gasteiger partial charge in [-0.15, -0.1) is 0 Å². The molecule has 4 heteroatoms. The maximum absolute atomic E-state index is 5.66. The van der Waals surface area contributed by atoms with Crippen LogP contribution >= 0.6 is 0 Å². The van der Waals surface area contributed by atoms with Crippen molar-refractivity contribution in [2.75, 3.05) is 17.3 Å². The van der Waals surface area contributed by atoms with Crippen LogP contribution in [0.2, 0.25) is 0 Å². The minimum Gasteiger partial charge on any atom is -0.381 e. The van der Waals surface area contributed by atoms with E-state index in [9.17, 15) is 0 Å². The number of pyridine rings is 1. The van der Waals surface area contributed by atoms with E-state index in [2.05, 4.69) is 39.5 Å². The van der Waals surface area contributed by atoms with Crippen LogP contribution in [0.4, 0.5) is 17.2 Å². The van der Waals surface area contributed by atoms with Crippen LogP contribution in [0.3, 0.4) is 0 Å². The summed E-state index contributed by atoms with van der Waals surface area (Å²) in [7, 11) is 1.86. The molecule has 2 aromatic rings. The van der Waals surface area contributed by atoms with Crippen molar-refractivity contribution in [1.29, 1.82) is 0 Å². The smallest absolute Gasteiger partial charge is 0.133 e. The Morgan fingerprint density at radius 2 is 1.88 bits per heavy atom. The molecule has 1 aromatic heterocycles. The average Bonchev–Trinajstić information content (AvgIpc) is 2.83. The quantitative estimate of drug-likeness (QED) is 0.898. The van der Waals surface area contributed by atoms with E-state index in [1.165, 1.54) is 35.3 Å². The summed E-state index contributed by atoms with van der Waals surface area (Å²) < 4.78 is 5.66. The maximum Gasteiger partial charge on any atom is 0.133 e. The van der Waals surface area contributed by atoms with Gasteiger partial charge >= 0.3 is 0 Å². The van der Waals surface area contributed by atoms with E-state index < -0.39 is 0 Å². The molecule has 1 unspecified atom stereocenters. The van der Waals surface area contributed by atoms with E-state index >= 15 is 0 Å². The van der Waals surface area contributed by atoms with Crippen LogP contribution in [-0.4, -0.2) is 30.3 Å². The Balaban J connectivity index is 1.44. The first-order chi connectivity index (χ1) is 12.3. The fraction of sp³-hybridized carbons (Fsp3) is 0.476. The number of ether oxygens (including phenoxy) is 1. The van der Waals surface area contributed by atoms with Gasteiger partial charge in [0.15, 0.2) is 0 Å².